The third kappa shape index (κ3) is 4.93. The van der Waals surface area contributed by atoms with Gasteiger partial charge in [0.2, 0.25) is 17.6 Å². The molecule has 0 saturated carbocycles. The van der Waals surface area contributed by atoms with Gasteiger partial charge >= 0.3 is 0 Å². The van der Waals surface area contributed by atoms with Gasteiger partial charge in [-0.2, -0.15) is 10.1 Å². The maximum atomic E-state index is 12.2. The molecule has 2 aromatic heterocycles. The van der Waals surface area contributed by atoms with E-state index >= 15 is 0 Å². The van der Waals surface area contributed by atoms with E-state index in [0.29, 0.717) is 29.9 Å². The van der Waals surface area contributed by atoms with Crippen LogP contribution in [0.3, 0.4) is 0 Å². The van der Waals surface area contributed by atoms with E-state index in [1.54, 1.807) is 24.1 Å². The Kier molecular flexibility index (Phi) is 5.85. The molecule has 8 nitrogen and oxygen atoms in total. The van der Waals surface area contributed by atoms with Gasteiger partial charge in [0.1, 0.15) is 11.6 Å². The first-order valence-corrected chi connectivity index (χ1v) is 8.84. The van der Waals surface area contributed by atoms with E-state index in [9.17, 15) is 4.79 Å². The van der Waals surface area contributed by atoms with Crippen LogP contribution in [0.1, 0.15) is 26.2 Å². The van der Waals surface area contributed by atoms with E-state index in [-0.39, 0.29) is 12.3 Å². The molecular formula is C19H23N5O3. The molecule has 1 amide bonds. The molecule has 142 valence electrons. The second-order valence-electron chi connectivity index (χ2n) is 6.58. The molecule has 3 rings (SSSR count). The van der Waals surface area contributed by atoms with Crippen molar-refractivity contribution in [3.05, 3.63) is 42.4 Å². The highest BCUT2D eigenvalue weighted by atomic mass is 16.5. The second-order valence-corrected chi connectivity index (χ2v) is 6.58. The number of methoxy groups -OCH3 is 1. The van der Waals surface area contributed by atoms with Gasteiger partial charge in [-0.25, -0.2) is 4.68 Å². The number of ether oxygens (including phenoxy) is 1. The zero-order valence-corrected chi connectivity index (χ0v) is 15.7. The predicted octanol–water partition coefficient (Wildman–Crippen LogP) is 3.17. The van der Waals surface area contributed by atoms with Gasteiger partial charge in [0.25, 0.3) is 0 Å². The minimum atomic E-state index is -0.121. The number of nitrogens with one attached hydrogen (secondary N) is 1. The molecule has 2 heterocycles. The quantitative estimate of drug-likeness (QED) is 0.655. The van der Waals surface area contributed by atoms with Crippen LogP contribution in [0.2, 0.25) is 0 Å². The van der Waals surface area contributed by atoms with E-state index in [0.717, 1.165) is 17.9 Å². The first-order valence-electron chi connectivity index (χ1n) is 8.84. The fraction of sp³-hybridized carbons (Fsp3) is 0.368. The first kappa shape index (κ1) is 18.6. The fourth-order valence-electron chi connectivity index (χ4n) is 2.57. The summed E-state index contributed by atoms with van der Waals surface area (Å²) in [5.74, 6) is 2.68. The van der Waals surface area contributed by atoms with Gasteiger partial charge in [-0.05, 0) is 30.2 Å². The van der Waals surface area contributed by atoms with E-state index in [1.807, 2.05) is 24.3 Å². The number of hydrogen-bond acceptors (Lipinski definition) is 6. The van der Waals surface area contributed by atoms with Gasteiger partial charge < -0.3 is 14.6 Å². The van der Waals surface area contributed by atoms with Crippen molar-refractivity contribution >= 4 is 11.7 Å². The number of benzene rings is 1. The van der Waals surface area contributed by atoms with Crippen LogP contribution < -0.4 is 10.1 Å². The second kappa shape index (κ2) is 8.48. The highest BCUT2D eigenvalue weighted by Gasteiger charge is 2.13. The zero-order valence-electron chi connectivity index (χ0n) is 15.7. The van der Waals surface area contributed by atoms with Crippen LogP contribution in [0.15, 0.2) is 41.1 Å². The standard InChI is InChI=1S/C19H23N5O3/c1-13(2)12-24-16(10-11-20-24)21-17(25)8-9-18-22-19(23-27-18)14-4-6-15(26-3)7-5-14/h4-7,10-11,13H,8-9,12H2,1-3H3,(H,21,25). The molecule has 0 unspecified atom stereocenters. The van der Waals surface area contributed by atoms with Gasteiger partial charge in [0, 0.05) is 31.0 Å². The maximum absolute atomic E-state index is 12.2. The van der Waals surface area contributed by atoms with Crippen molar-refractivity contribution in [3.8, 4) is 17.1 Å². The van der Waals surface area contributed by atoms with Crippen molar-refractivity contribution in [2.45, 2.75) is 33.2 Å². The number of rotatable bonds is 8. The van der Waals surface area contributed by atoms with Crippen LogP contribution in [0.25, 0.3) is 11.4 Å². The number of carbonyl (C=O) groups is 1. The minimum absolute atomic E-state index is 0.121. The SMILES string of the molecule is COc1ccc(-c2noc(CCC(=O)Nc3ccnn3CC(C)C)n2)cc1. The van der Waals surface area contributed by atoms with Crippen molar-refractivity contribution < 1.29 is 14.1 Å². The van der Waals surface area contributed by atoms with Gasteiger partial charge in [-0.15, -0.1) is 0 Å². The Labute approximate surface area is 157 Å². The minimum Gasteiger partial charge on any atom is -0.497 e. The Morgan fingerprint density at radius 2 is 2.04 bits per heavy atom. The lowest BCUT2D eigenvalue weighted by Gasteiger charge is -2.10. The van der Waals surface area contributed by atoms with Crippen molar-refractivity contribution in [2.24, 2.45) is 5.92 Å². The van der Waals surface area contributed by atoms with E-state index < -0.39 is 0 Å². The summed E-state index contributed by atoms with van der Waals surface area (Å²) >= 11 is 0. The molecule has 0 bridgehead atoms. The average Bonchev–Trinajstić information content (AvgIpc) is 3.29. The summed E-state index contributed by atoms with van der Waals surface area (Å²) in [5.41, 5.74) is 0.827. The van der Waals surface area contributed by atoms with Gasteiger partial charge in [-0.1, -0.05) is 19.0 Å². The number of carbonyl (C=O) groups excluding carboxylic acids is 1. The highest BCUT2D eigenvalue weighted by molar-refractivity contribution is 5.89. The Balaban J connectivity index is 1.55. The monoisotopic (exact) mass is 369 g/mol. The van der Waals surface area contributed by atoms with Crippen LogP contribution in [0.5, 0.6) is 5.75 Å². The lowest BCUT2D eigenvalue weighted by Crippen LogP contribution is -2.17. The summed E-state index contributed by atoms with van der Waals surface area (Å²) in [6.45, 7) is 4.95. The molecule has 0 spiro atoms. The molecule has 3 aromatic rings. The number of aryl methyl sites for hydroxylation is 1. The van der Waals surface area contributed by atoms with Gasteiger partial charge in [0.05, 0.1) is 13.3 Å². The Morgan fingerprint density at radius 1 is 1.26 bits per heavy atom. The zero-order chi connectivity index (χ0) is 19.2. The van der Waals surface area contributed by atoms with Gasteiger partial charge in [-0.3, -0.25) is 4.79 Å². The predicted molar refractivity (Wildman–Crippen MR) is 100 cm³/mol. The van der Waals surface area contributed by atoms with E-state index in [2.05, 4.69) is 34.4 Å². The van der Waals surface area contributed by atoms with Crippen molar-refractivity contribution in [1.82, 2.24) is 19.9 Å². The molecule has 0 aliphatic rings. The van der Waals surface area contributed by atoms with Crippen LogP contribution >= 0.6 is 0 Å². The summed E-state index contributed by atoms with van der Waals surface area (Å²) < 4.78 is 12.2. The number of nitrogens with zero attached hydrogens (tertiary/aromatic N) is 4. The van der Waals surface area contributed by atoms with Crippen molar-refractivity contribution in [2.75, 3.05) is 12.4 Å². The highest BCUT2D eigenvalue weighted by Crippen LogP contribution is 2.20. The molecule has 27 heavy (non-hydrogen) atoms. The van der Waals surface area contributed by atoms with Gasteiger partial charge in [0.15, 0.2) is 0 Å². The Bertz CT molecular complexity index is 883. The fourth-order valence-corrected chi connectivity index (χ4v) is 2.57. The topological polar surface area (TPSA) is 95.1 Å². The van der Waals surface area contributed by atoms with Crippen molar-refractivity contribution in [3.63, 3.8) is 0 Å². The third-order valence-corrected chi connectivity index (χ3v) is 3.90. The van der Waals surface area contributed by atoms with Crippen LogP contribution in [-0.2, 0) is 17.8 Å². The molecular weight excluding hydrogens is 346 g/mol. The van der Waals surface area contributed by atoms with Crippen LogP contribution in [0, 0.1) is 5.92 Å². The first-order chi connectivity index (χ1) is 13.0. The lowest BCUT2D eigenvalue weighted by atomic mass is 10.2. The average molecular weight is 369 g/mol. The number of amides is 1. The normalized spacial score (nSPS) is 11.0. The summed E-state index contributed by atoms with van der Waals surface area (Å²) in [6, 6.07) is 9.17. The van der Waals surface area contributed by atoms with E-state index in [1.165, 1.54) is 0 Å². The van der Waals surface area contributed by atoms with Crippen molar-refractivity contribution in [1.29, 1.82) is 0 Å². The summed E-state index contributed by atoms with van der Waals surface area (Å²) in [7, 11) is 1.61. The molecule has 0 fully saturated rings. The molecule has 0 saturated heterocycles. The Hall–Kier alpha value is -3.16. The van der Waals surface area contributed by atoms with Crippen LogP contribution in [0.4, 0.5) is 5.82 Å². The molecule has 0 aliphatic carbocycles. The largest absolute Gasteiger partial charge is 0.497 e. The summed E-state index contributed by atoms with van der Waals surface area (Å²) in [6.07, 6.45) is 2.29. The maximum Gasteiger partial charge on any atom is 0.227 e. The van der Waals surface area contributed by atoms with E-state index in [4.69, 9.17) is 9.26 Å². The molecule has 1 aromatic carbocycles. The lowest BCUT2D eigenvalue weighted by molar-refractivity contribution is -0.116. The third-order valence-electron chi connectivity index (χ3n) is 3.90. The smallest absolute Gasteiger partial charge is 0.227 e. The summed E-state index contributed by atoms with van der Waals surface area (Å²) in [4.78, 5) is 16.6. The molecule has 0 aliphatic heterocycles. The molecule has 0 radical (unpaired) electrons. The summed E-state index contributed by atoms with van der Waals surface area (Å²) in [5, 5.41) is 11.1. The molecule has 8 heteroatoms. The van der Waals surface area contributed by atoms with Crippen LogP contribution in [-0.4, -0.2) is 32.9 Å². The molecule has 0 atom stereocenters. The number of aromatic nitrogens is 4. The number of hydrogen-bond donors (Lipinski definition) is 1. The molecule has 1 N–H and O–H groups in total. The Morgan fingerprint density at radius 3 is 2.74 bits per heavy atom. The number of anilines is 1.